The van der Waals surface area contributed by atoms with Crippen molar-refractivity contribution in [2.75, 3.05) is 46.4 Å². The minimum Gasteiger partial charge on any atom is -0.443 e. The third kappa shape index (κ3) is 4.54. The van der Waals surface area contributed by atoms with Gasteiger partial charge >= 0.3 is 6.09 Å². The smallest absolute Gasteiger partial charge is 0.410 e. The molecular weight excluding hydrogens is 448 g/mol. The second-order valence-electron chi connectivity index (χ2n) is 12.2. The second-order valence-corrected chi connectivity index (χ2v) is 12.2. The average Bonchev–Trinajstić information content (AvgIpc) is 3.69. The molecule has 0 radical (unpaired) electrons. The van der Waals surface area contributed by atoms with E-state index in [-0.39, 0.29) is 41.5 Å². The maximum atomic E-state index is 13.0. The largest absolute Gasteiger partial charge is 0.443 e. The van der Waals surface area contributed by atoms with Crippen molar-refractivity contribution in [3.63, 3.8) is 0 Å². The lowest BCUT2D eigenvalue weighted by Crippen LogP contribution is -2.59. The minimum absolute atomic E-state index is 0.0611. The molecule has 1 spiro atoms. The van der Waals surface area contributed by atoms with Gasteiger partial charge in [-0.15, -0.1) is 0 Å². The molecule has 2 bridgehead atoms. The zero-order valence-electron chi connectivity index (χ0n) is 21.7. The summed E-state index contributed by atoms with van der Waals surface area (Å²) >= 11 is 0. The molecule has 0 aromatic carbocycles. The normalized spacial score (nSPS) is 44.4. The summed E-state index contributed by atoms with van der Waals surface area (Å²) in [5, 5.41) is 0. The SMILES string of the molecule is CO[C@H]1C([C@@]2(C)O[C@@H]2CC=C(C)C)[C@]2(CC[C@H]1OC(=O)N1CC(CCN3C[C@H]4C[C@@H](C3)O4)C1)CO2. The molecule has 0 N–H and O–H groups in total. The number of morpholine rings is 1. The molecule has 1 unspecified atom stereocenters. The van der Waals surface area contributed by atoms with Gasteiger partial charge in [0.25, 0.3) is 0 Å². The third-order valence-electron chi connectivity index (χ3n) is 9.39. The molecule has 7 fully saturated rings. The van der Waals surface area contributed by atoms with Crippen LogP contribution >= 0.6 is 0 Å². The number of rotatable bonds is 8. The molecule has 196 valence electrons. The van der Waals surface area contributed by atoms with E-state index in [1.54, 1.807) is 7.11 Å². The van der Waals surface area contributed by atoms with Gasteiger partial charge in [0.1, 0.15) is 23.4 Å². The summed E-state index contributed by atoms with van der Waals surface area (Å²) in [6, 6.07) is 0. The summed E-state index contributed by atoms with van der Waals surface area (Å²) in [5.41, 5.74) is 0.796. The summed E-state index contributed by atoms with van der Waals surface area (Å²) < 4.78 is 30.1. The Bertz CT molecular complexity index is 835. The van der Waals surface area contributed by atoms with E-state index in [1.807, 2.05) is 4.90 Å². The predicted molar refractivity (Wildman–Crippen MR) is 129 cm³/mol. The highest BCUT2D eigenvalue weighted by Crippen LogP contribution is 2.59. The Balaban J connectivity index is 1.01. The maximum absolute atomic E-state index is 13.0. The van der Waals surface area contributed by atoms with E-state index < -0.39 is 0 Å². The van der Waals surface area contributed by atoms with Gasteiger partial charge in [0.05, 0.1) is 30.8 Å². The number of amides is 1. The van der Waals surface area contributed by atoms with Crippen LogP contribution in [0.1, 0.15) is 52.9 Å². The van der Waals surface area contributed by atoms with Crippen molar-refractivity contribution in [2.45, 2.75) is 94.6 Å². The summed E-state index contributed by atoms with van der Waals surface area (Å²) in [6.07, 6.45) is 7.55. The predicted octanol–water partition coefficient (Wildman–Crippen LogP) is 2.99. The van der Waals surface area contributed by atoms with E-state index in [1.165, 1.54) is 12.0 Å². The summed E-state index contributed by atoms with van der Waals surface area (Å²) in [5.74, 6) is 0.628. The highest BCUT2D eigenvalue weighted by molar-refractivity contribution is 5.69. The number of nitrogens with zero attached hydrogens (tertiary/aromatic N) is 2. The van der Waals surface area contributed by atoms with E-state index in [0.717, 1.165) is 65.0 Å². The first-order valence-corrected chi connectivity index (χ1v) is 13.6. The molecule has 0 aromatic heterocycles. The van der Waals surface area contributed by atoms with E-state index >= 15 is 0 Å². The molecule has 7 rings (SSSR count). The number of carbonyl (C=O) groups is 1. The fourth-order valence-electron chi connectivity index (χ4n) is 7.16. The number of allylic oxidation sites excluding steroid dienone is 1. The van der Waals surface area contributed by atoms with Crippen LogP contribution in [0, 0.1) is 11.8 Å². The van der Waals surface area contributed by atoms with Gasteiger partial charge in [0, 0.05) is 39.7 Å². The number of ether oxygens (including phenoxy) is 5. The van der Waals surface area contributed by atoms with Gasteiger partial charge in [0.2, 0.25) is 0 Å². The number of epoxide rings is 2. The van der Waals surface area contributed by atoms with Crippen LogP contribution in [-0.2, 0) is 23.7 Å². The first-order chi connectivity index (χ1) is 16.8. The van der Waals surface area contributed by atoms with Gasteiger partial charge in [0.15, 0.2) is 0 Å². The van der Waals surface area contributed by atoms with Crippen molar-refractivity contribution in [3.8, 4) is 0 Å². The molecule has 6 saturated heterocycles. The number of methoxy groups -OCH3 is 1. The van der Waals surface area contributed by atoms with E-state index in [2.05, 4.69) is 31.7 Å². The number of hydrogen-bond donors (Lipinski definition) is 0. The minimum atomic E-state index is -0.309. The Morgan fingerprint density at radius 1 is 1.17 bits per heavy atom. The molecular formula is C27H42N2O6. The Morgan fingerprint density at radius 2 is 1.89 bits per heavy atom. The van der Waals surface area contributed by atoms with E-state index in [9.17, 15) is 4.79 Å². The van der Waals surface area contributed by atoms with Crippen LogP contribution in [0.3, 0.4) is 0 Å². The van der Waals surface area contributed by atoms with Crippen molar-refractivity contribution in [2.24, 2.45) is 11.8 Å². The molecule has 6 aliphatic heterocycles. The fraction of sp³-hybridized carbons (Fsp3) is 0.889. The standard InChI is InChI=1S/C27H42N2O6/c1-17(2)5-6-22-26(3,35-22)24-23(31-4)21(7-9-27(24)16-32-27)34-25(30)29-12-18(13-29)8-10-28-14-19-11-20(15-28)33-19/h5,18-24H,6-16H2,1-4H3/t19-,20+,21-,22-,23-,24?,26+,27+/m1/s1. The first-order valence-electron chi connectivity index (χ1n) is 13.6. The third-order valence-corrected chi connectivity index (χ3v) is 9.39. The lowest BCUT2D eigenvalue weighted by molar-refractivity contribution is -0.181. The van der Waals surface area contributed by atoms with Crippen molar-refractivity contribution < 1.29 is 28.5 Å². The number of hydrogen-bond acceptors (Lipinski definition) is 7. The number of likely N-dealkylation sites (tertiary alicyclic amines) is 1. The number of fused-ring (bicyclic) bond motifs is 2. The Hall–Kier alpha value is -1.19. The lowest BCUT2D eigenvalue weighted by Gasteiger charge is -2.48. The average molecular weight is 491 g/mol. The molecule has 35 heavy (non-hydrogen) atoms. The number of piperidine rings is 1. The van der Waals surface area contributed by atoms with Gasteiger partial charge in [-0.05, 0) is 58.9 Å². The Labute approximate surface area is 209 Å². The molecule has 1 saturated carbocycles. The lowest BCUT2D eigenvalue weighted by atomic mass is 9.68. The topological polar surface area (TPSA) is 76.3 Å². The van der Waals surface area contributed by atoms with Crippen LogP contribution < -0.4 is 0 Å². The quantitative estimate of drug-likeness (QED) is 0.382. The van der Waals surface area contributed by atoms with Gasteiger partial charge in [-0.25, -0.2) is 4.79 Å². The van der Waals surface area contributed by atoms with Crippen LogP contribution in [0.15, 0.2) is 11.6 Å². The maximum Gasteiger partial charge on any atom is 0.410 e. The van der Waals surface area contributed by atoms with Crippen LogP contribution in [-0.4, -0.2) is 104 Å². The molecule has 8 heteroatoms. The highest BCUT2D eigenvalue weighted by atomic mass is 16.6. The fourth-order valence-corrected chi connectivity index (χ4v) is 7.16. The number of carbonyl (C=O) groups excluding carboxylic acids is 1. The van der Waals surface area contributed by atoms with Gasteiger partial charge in [-0.2, -0.15) is 0 Å². The molecule has 8 nitrogen and oxygen atoms in total. The monoisotopic (exact) mass is 490 g/mol. The molecule has 1 aliphatic carbocycles. The second kappa shape index (κ2) is 8.98. The Morgan fingerprint density at radius 3 is 2.51 bits per heavy atom. The van der Waals surface area contributed by atoms with E-state index in [0.29, 0.717) is 18.1 Å². The highest BCUT2D eigenvalue weighted by Gasteiger charge is 2.72. The molecule has 6 heterocycles. The van der Waals surface area contributed by atoms with Crippen LogP contribution in [0.4, 0.5) is 4.79 Å². The summed E-state index contributed by atoms with van der Waals surface area (Å²) in [4.78, 5) is 17.4. The van der Waals surface area contributed by atoms with Crippen molar-refractivity contribution >= 4 is 6.09 Å². The summed E-state index contributed by atoms with van der Waals surface area (Å²) in [6.45, 7) is 12.0. The molecule has 0 aromatic rings. The zero-order chi connectivity index (χ0) is 24.4. The van der Waals surface area contributed by atoms with Crippen LogP contribution in [0.25, 0.3) is 0 Å². The van der Waals surface area contributed by atoms with Gasteiger partial charge < -0.3 is 28.6 Å². The van der Waals surface area contributed by atoms with Crippen LogP contribution in [0.5, 0.6) is 0 Å². The van der Waals surface area contributed by atoms with Crippen LogP contribution in [0.2, 0.25) is 0 Å². The van der Waals surface area contributed by atoms with Gasteiger partial charge in [-0.3, -0.25) is 4.90 Å². The van der Waals surface area contributed by atoms with Crippen molar-refractivity contribution in [1.82, 2.24) is 9.80 Å². The molecule has 8 atom stereocenters. The van der Waals surface area contributed by atoms with Crippen molar-refractivity contribution in [3.05, 3.63) is 11.6 Å². The van der Waals surface area contributed by atoms with Crippen molar-refractivity contribution in [1.29, 1.82) is 0 Å². The molecule has 1 amide bonds. The van der Waals surface area contributed by atoms with Gasteiger partial charge in [-0.1, -0.05) is 11.6 Å². The zero-order valence-corrected chi connectivity index (χ0v) is 21.7. The Kier molecular flexibility index (Phi) is 6.20. The molecule has 7 aliphatic rings. The van der Waals surface area contributed by atoms with E-state index in [4.69, 9.17) is 23.7 Å². The summed E-state index contributed by atoms with van der Waals surface area (Å²) in [7, 11) is 1.73. The first kappa shape index (κ1) is 24.2.